The molecule has 0 amide bonds. The fourth-order valence-corrected chi connectivity index (χ4v) is 10.3. The van der Waals surface area contributed by atoms with Crippen LogP contribution in [0.2, 0.25) is 0 Å². The molecule has 5 aromatic heterocycles. The average Bonchev–Trinajstić information content (AvgIpc) is 3.93. The first-order valence-electron chi connectivity index (χ1n) is 22.9. The van der Waals surface area contributed by atoms with Gasteiger partial charge in [-0.1, -0.05) is 194 Å². The second-order valence-corrected chi connectivity index (χ2v) is 17.9. The molecule has 8 aromatic carbocycles. The Bertz CT molecular complexity index is 3770. The maximum atomic E-state index is 5.42. The zero-order valence-corrected chi connectivity index (χ0v) is 37.8. The van der Waals surface area contributed by atoms with Crippen LogP contribution in [-0.4, -0.2) is 29.9 Å². The van der Waals surface area contributed by atoms with Crippen LogP contribution in [0.1, 0.15) is 0 Å². The third-order valence-corrected chi connectivity index (χ3v) is 13.7. The number of pyridine rings is 2. The monoisotopic (exact) mass is 898 g/mol. The van der Waals surface area contributed by atoms with E-state index in [1.54, 1.807) is 11.3 Å². The first kappa shape index (κ1) is 40.3. The summed E-state index contributed by atoms with van der Waals surface area (Å²) < 4.78 is 0. The van der Waals surface area contributed by atoms with Crippen molar-refractivity contribution in [3.63, 3.8) is 0 Å². The largest absolute Gasteiger partial charge is 0.245 e. The van der Waals surface area contributed by atoms with Crippen molar-refractivity contribution in [2.24, 2.45) is 0 Å². The highest BCUT2D eigenvalue weighted by Gasteiger charge is 2.22. The highest BCUT2D eigenvalue weighted by Crippen LogP contribution is 2.43. The predicted molar refractivity (Wildman–Crippen MR) is 285 cm³/mol. The van der Waals surface area contributed by atoms with Crippen molar-refractivity contribution in [1.29, 1.82) is 0 Å². The summed E-state index contributed by atoms with van der Waals surface area (Å²) in [5.74, 6) is 1.26. The number of benzene rings is 8. The summed E-state index contributed by atoms with van der Waals surface area (Å²) in [5.41, 5.74) is 16.0. The SMILES string of the molecule is c1ccc(-c2cc(-c3ccccc3)c3ccc4c(-c5csc(-c6nc(-c7ccccc7)nc7c6ccc6c(-c8ccccc8)cc(-c8ccccc8)nc67)c5)nc(-c5ccccc5)nc4c3n2)cc1. The number of hydrogen-bond donors (Lipinski definition) is 0. The van der Waals surface area contributed by atoms with E-state index in [1.807, 2.05) is 48.5 Å². The molecule has 13 rings (SSSR count). The highest BCUT2D eigenvalue weighted by atomic mass is 32.1. The van der Waals surface area contributed by atoms with Gasteiger partial charge in [0, 0.05) is 54.7 Å². The minimum atomic E-state index is 0.631. The van der Waals surface area contributed by atoms with E-state index in [4.69, 9.17) is 29.9 Å². The van der Waals surface area contributed by atoms with Crippen molar-refractivity contribution in [3.8, 4) is 89.4 Å². The van der Waals surface area contributed by atoms with Crippen LogP contribution in [0.4, 0.5) is 0 Å². The van der Waals surface area contributed by atoms with Crippen molar-refractivity contribution in [1.82, 2.24) is 29.9 Å². The van der Waals surface area contributed by atoms with E-state index >= 15 is 0 Å². The van der Waals surface area contributed by atoms with Crippen molar-refractivity contribution in [2.75, 3.05) is 0 Å². The first-order chi connectivity index (χ1) is 34.2. The van der Waals surface area contributed by atoms with E-state index in [1.165, 1.54) is 0 Å². The Labute approximate surface area is 402 Å². The Kier molecular flexibility index (Phi) is 9.91. The van der Waals surface area contributed by atoms with Crippen LogP contribution in [0.15, 0.2) is 230 Å². The summed E-state index contributed by atoms with van der Waals surface area (Å²) in [7, 11) is 0. The van der Waals surface area contributed by atoms with Crippen molar-refractivity contribution >= 4 is 54.9 Å². The van der Waals surface area contributed by atoms with E-state index in [0.717, 1.165) is 121 Å². The molecule has 7 heteroatoms. The van der Waals surface area contributed by atoms with Crippen molar-refractivity contribution in [3.05, 3.63) is 230 Å². The van der Waals surface area contributed by atoms with Crippen molar-refractivity contribution < 1.29 is 0 Å². The van der Waals surface area contributed by atoms with Crippen LogP contribution in [-0.2, 0) is 0 Å². The third kappa shape index (κ3) is 7.29. The minimum absolute atomic E-state index is 0.631. The minimum Gasteiger partial charge on any atom is -0.245 e. The summed E-state index contributed by atoms with van der Waals surface area (Å²) in [5, 5.41) is 6.07. The van der Waals surface area contributed by atoms with E-state index < -0.39 is 0 Å². The lowest BCUT2D eigenvalue weighted by atomic mass is 9.96. The molecule has 0 unspecified atom stereocenters. The van der Waals surface area contributed by atoms with Gasteiger partial charge in [-0.15, -0.1) is 11.3 Å². The second kappa shape index (κ2) is 17.0. The van der Waals surface area contributed by atoms with E-state index in [0.29, 0.717) is 11.6 Å². The lowest BCUT2D eigenvalue weighted by molar-refractivity contribution is 1.23. The van der Waals surface area contributed by atoms with Crippen LogP contribution in [0.3, 0.4) is 0 Å². The molecule has 0 fully saturated rings. The summed E-state index contributed by atoms with van der Waals surface area (Å²) in [6.07, 6.45) is 0. The lowest BCUT2D eigenvalue weighted by Gasteiger charge is -2.15. The maximum Gasteiger partial charge on any atom is 0.160 e. The molecule has 0 aliphatic heterocycles. The van der Waals surface area contributed by atoms with Crippen LogP contribution in [0.25, 0.3) is 133 Å². The van der Waals surface area contributed by atoms with Gasteiger partial charge in [-0.25, -0.2) is 29.9 Å². The van der Waals surface area contributed by atoms with Gasteiger partial charge in [-0.05, 0) is 52.6 Å². The number of thiophene rings is 1. The molecule has 322 valence electrons. The summed E-state index contributed by atoms with van der Waals surface area (Å²) in [6.45, 7) is 0. The van der Waals surface area contributed by atoms with Gasteiger partial charge in [-0.3, -0.25) is 0 Å². The fourth-order valence-electron chi connectivity index (χ4n) is 9.41. The molecule has 0 saturated carbocycles. The zero-order valence-electron chi connectivity index (χ0n) is 37.0. The topological polar surface area (TPSA) is 77.3 Å². The maximum absolute atomic E-state index is 5.42. The Hall–Kier alpha value is -9.04. The molecule has 0 aliphatic rings. The molecule has 0 atom stereocenters. The summed E-state index contributed by atoms with van der Waals surface area (Å²) in [4.78, 5) is 33.3. The number of hydrogen-bond acceptors (Lipinski definition) is 7. The number of rotatable bonds is 8. The number of aromatic nitrogens is 6. The molecule has 69 heavy (non-hydrogen) atoms. The van der Waals surface area contributed by atoms with Crippen LogP contribution in [0.5, 0.6) is 0 Å². The van der Waals surface area contributed by atoms with Crippen molar-refractivity contribution in [2.45, 2.75) is 0 Å². The summed E-state index contributed by atoms with van der Waals surface area (Å²) in [6, 6.07) is 77.5. The molecule has 0 bridgehead atoms. The van der Waals surface area contributed by atoms with E-state index in [-0.39, 0.29) is 0 Å². The Morgan fingerprint density at radius 3 is 1.04 bits per heavy atom. The molecular weight excluding hydrogens is 861 g/mol. The standard InChI is InChI=1S/C62H38N6S/c1-7-19-39(20-8-1)50-36-52(41-23-11-3-12-24-41)63-57-46(50)31-33-48-55(65-61(67-59(48)57)43-27-15-5-16-28-43)45-35-54(69-38-45)56-49-34-32-47-51(40-21-9-2-10-22-40)37-53(42-25-13-4-14-26-42)64-58(47)60(49)68-62(66-56)44-29-17-6-18-30-44/h1-38H. The van der Waals surface area contributed by atoms with E-state index in [9.17, 15) is 0 Å². The third-order valence-electron chi connectivity index (χ3n) is 12.8. The molecule has 5 heterocycles. The average molecular weight is 899 g/mol. The van der Waals surface area contributed by atoms with Gasteiger partial charge in [0.1, 0.15) is 11.0 Å². The number of nitrogens with zero attached hydrogens (tertiary/aromatic N) is 6. The van der Waals surface area contributed by atoms with Gasteiger partial charge in [0.2, 0.25) is 0 Å². The Morgan fingerprint density at radius 1 is 0.261 bits per heavy atom. The molecule has 0 spiro atoms. The van der Waals surface area contributed by atoms with Crippen LogP contribution in [0, 0.1) is 0 Å². The van der Waals surface area contributed by atoms with Gasteiger partial charge >= 0.3 is 0 Å². The molecule has 6 nitrogen and oxygen atoms in total. The quantitative estimate of drug-likeness (QED) is 0.141. The van der Waals surface area contributed by atoms with Gasteiger partial charge < -0.3 is 0 Å². The van der Waals surface area contributed by atoms with E-state index in [2.05, 4.69) is 181 Å². The molecule has 0 N–H and O–H groups in total. The highest BCUT2D eigenvalue weighted by molar-refractivity contribution is 7.14. The Morgan fingerprint density at radius 2 is 0.609 bits per heavy atom. The molecular formula is C62H38N6S. The number of fused-ring (bicyclic) bond motifs is 6. The lowest BCUT2D eigenvalue weighted by Crippen LogP contribution is -1.98. The molecule has 0 saturated heterocycles. The fraction of sp³-hybridized carbons (Fsp3) is 0. The normalized spacial score (nSPS) is 11.5. The molecule has 13 aromatic rings. The van der Waals surface area contributed by atoms with Gasteiger partial charge in [0.15, 0.2) is 11.6 Å². The van der Waals surface area contributed by atoms with Gasteiger partial charge in [0.25, 0.3) is 0 Å². The second-order valence-electron chi connectivity index (χ2n) is 17.0. The van der Waals surface area contributed by atoms with Crippen LogP contribution >= 0.6 is 11.3 Å². The molecule has 0 radical (unpaired) electrons. The Balaban J connectivity index is 1.05. The van der Waals surface area contributed by atoms with Gasteiger partial charge in [0.05, 0.1) is 38.7 Å². The summed E-state index contributed by atoms with van der Waals surface area (Å²) >= 11 is 1.65. The van der Waals surface area contributed by atoms with Gasteiger partial charge in [-0.2, -0.15) is 0 Å². The molecule has 0 aliphatic carbocycles. The zero-order chi connectivity index (χ0) is 45.7. The smallest absolute Gasteiger partial charge is 0.160 e. The predicted octanol–water partition coefficient (Wildman–Crippen LogP) is 16.1. The van der Waals surface area contributed by atoms with Crippen LogP contribution < -0.4 is 0 Å². The first-order valence-corrected chi connectivity index (χ1v) is 23.8.